The van der Waals surface area contributed by atoms with Crippen LogP contribution in [-0.4, -0.2) is 35.3 Å². The molecule has 2 N–H and O–H groups in total. The fourth-order valence-corrected chi connectivity index (χ4v) is 2.64. The van der Waals surface area contributed by atoms with Crippen molar-refractivity contribution in [3.05, 3.63) is 36.3 Å². The second-order valence-corrected chi connectivity index (χ2v) is 7.40. The molecule has 0 aliphatic carbocycles. The van der Waals surface area contributed by atoms with Crippen LogP contribution >= 0.6 is 0 Å². The van der Waals surface area contributed by atoms with E-state index in [1.807, 2.05) is 13.2 Å². The molecule has 6 heteroatoms. The van der Waals surface area contributed by atoms with Crippen LogP contribution in [0.3, 0.4) is 0 Å². The Bertz CT molecular complexity index is 693. The quantitative estimate of drug-likeness (QED) is 0.848. The van der Waals surface area contributed by atoms with E-state index in [0.717, 1.165) is 22.5 Å². The van der Waals surface area contributed by atoms with Gasteiger partial charge in [0, 0.05) is 0 Å². The summed E-state index contributed by atoms with van der Waals surface area (Å²) in [7, 11) is 1.59. The van der Waals surface area contributed by atoms with E-state index in [9.17, 15) is 0 Å². The third kappa shape index (κ3) is 3.01. The van der Waals surface area contributed by atoms with E-state index in [2.05, 4.69) is 74.2 Å². The Labute approximate surface area is 144 Å². The molecule has 0 amide bonds. The number of rotatable bonds is 4. The Morgan fingerprint density at radius 3 is 2.21 bits per heavy atom. The first-order chi connectivity index (χ1) is 11.2. The van der Waals surface area contributed by atoms with Crippen LogP contribution in [0.25, 0.3) is 11.3 Å². The summed E-state index contributed by atoms with van der Waals surface area (Å²) in [4.78, 5) is 7.79. The maximum Gasteiger partial charge on any atom is 0.494 e. The molecule has 1 aliphatic heterocycles. The van der Waals surface area contributed by atoms with E-state index < -0.39 is 0 Å². The van der Waals surface area contributed by atoms with Gasteiger partial charge in [-0.05, 0) is 52.7 Å². The standard InChI is InChI=1S/C18H26BN3O2/c1-12(20-6)16-21-11-15(22-16)13-7-9-14(10-8-13)19-23-17(2,3)18(4,5)24-19/h7-12,20H,1-6H3,(H,21,22)/t12-/m0/s1. The Kier molecular flexibility index (Phi) is 4.32. The molecule has 2 heterocycles. The maximum atomic E-state index is 6.10. The zero-order chi connectivity index (χ0) is 17.5. The van der Waals surface area contributed by atoms with Crippen LogP contribution in [0, 0.1) is 0 Å². The number of nitrogens with one attached hydrogen (secondary N) is 2. The van der Waals surface area contributed by atoms with E-state index in [4.69, 9.17) is 9.31 Å². The summed E-state index contributed by atoms with van der Waals surface area (Å²) in [5.41, 5.74) is 2.49. The smallest absolute Gasteiger partial charge is 0.399 e. The molecule has 128 valence electrons. The van der Waals surface area contributed by atoms with Crippen LogP contribution in [0.15, 0.2) is 30.5 Å². The topological polar surface area (TPSA) is 59.2 Å². The summed E-state index contributed by atoms with van der Waals surface area (Å²) in [6, 6.07) is 8.45. The van der Waals surface area contributed by atoms with Crippen molar-refractivity contribution < 1.29 is 9.31 Å². The number of hydrogen-bond acceptors (Lipinski definition) is 4. The van der Waals surface area contributed by atoms with E-state index >= 15 is 0 Å². The zero-order valence-corrected chi connectivity index (χ0v) is 15.3. The van der Waals surface area contributed by atoms with E-state index in [1.165, 1.54) is 0 Å². The molecule has 1 fully saturated rings. The van der Waals surface area contributed by atoms with Gasteiger partial charge in [-0.3, -0.25) is 0 Å². The second kappa shape index (κ2) is 6.03. The number of imidazole rings is 1. The first-order valence-electron chi connectivity index (χ1n) is 8.41. The first kappa shape index (κ1) is 17.2. The van der Waals surface area contributed by atoms with Crippen LogP contribution < -0.4 is 10.8 Å². The lowest BCUT2D eigenvalue weighted by Gasteiger charge is -2.32. The summed E-state index contributed by atoms with van der Waals surface area (Å²) in [6.45, 7) is 10.3. The summed E-state index contributed by atoms with van der Waals surface area (Å²) in [5, 5.41) is 3.18. The minimum Gasteiger partial charge on any atom is -0.399 e. The van der Waals surface area contributed by atoms with Gasteiger partial charge in [-0.25, -0.2) is 4.98 Å². The predicted octanol–water partition coefficient (Wildman–Crippen LogP) is 2.66. The summed E-state index contributed by atoms with van der Waals surface area (Å²) >= 11 is 0. The normalized spacial score (nSPS) is 20.3. The number of aromatic nitrogens is 2. The Morgan fingerprint density at radius 1 is 1.08 bits per heavy atom. The molecular formula is C18H26BN3O2. The van der Waals surface area contributed by atoms with Gasteiger partial charge in [0.15, 0.2) is 0 Å². The van der Waals surface area contributed by atoms with Crippen molar-refractivity contribution in [1.82, 2.24) is 15.3 Å². The van der Waals surface area contributed by atoms with Gasteiger partial charge in [0.1, 0.15) is 5.82 Å². The number of aromatic amines is 1. The number of hydrogen-bond donors (Lipinski definition) is 2. The van der Waals surface area contributed by atoms with Gasteiger partial charge in [-0.2, -0.15) is 0 Å². The van der Waals surface area contributed by atoms with Gasteiger partial charge in [-0.15, -0.1) is 0 Å². The Hall–Kier alpha value is -1.63. The average molecular weight is 327 g/mol. The molecule has 2 aromatic rings. The summed E-state index contributed by atoms with van der Waals surface area (Å²) < 4.78 is 12.2. The van der Waals surface area contributed by atoms with Crippen LogP contribution in [-0.2, 0) is 9.31 Å². The van der Waals surface area contributed by atoms with Gasteiger partial charge in [-0.1, -0.05) is 24.3 Å². The molecule has 3 rings (SSSR count). The second-order valence-electron chi connectivity index (χ2n) is 7.40. The van der Waals surface area contributed by atoms with Crippen molar-refractivity contribution in [1.29, 1.82) is 0 Å². The van der Waals surface area contributed by atoms with Crippen molar-refractivity contribution in [3.63, 3.8) is 0 Å². The minimum atomic E-state index is -0.328. The van der Waals surface area contributed by atoms with Crippen molar-refractivity contribution >= 4 is 12.6 Å². The lowest BCUT2D eigenvalue weighted by atomic mass is 9.79. The van der Waals surface area contributed by atoms with Gasteiger partial charge in [0.25, 0.3) is 0 Å². The molecule has 1 aliphatic rings. The van der Waals surface area contributed by atoms with Crippen molar-refractivity contribution in [2.75, 3.05) is 7.05 Å². The lowest BCUT2D eigenvalue weighted by molar-refractivity contribution is 0.00578. The van der Waals surface area contributed by atoms with Crippen molar-refractivity contribution in [2.24, 2.45) is 0 Å². The highest BCUT2D eigenvalue weighted by molar-refractivity contribution is 6.62. The Morgan fingerprint density at radius 2 is 1.67 bits per heavy atom. The molecule has 24 heavy (non-hydrogen) atoms. The maximum absolute atomic E-state index is 6.10. The number of H-pyrrole nitrogens is 1. The molecule has 0 bridgehead atoms. The zero-order valence-electron chi connectivity index (χ0n) is 15.3. The molecule has 0 unspecified atom stereocenters. The summed E-state index contributed by atoms with van der Waals surface area (Å²) in [6.07, 6.45) is 1.87. The van der Waals surface area contributed by atoms with Crippen molar-refractivity contribution in [2.45, 2.75) is 51.9 Å². The van der Waals surface area contributed by atoms with Crippen LogP contribution in [0.4, 0.5) is 0 Å². The molecule has 0 radical (unpaired) electrons. The molecule has 0 saturated carbocycles. The largest absolute Gasteiger partial charge is 0.494 e. The van der Waals surface area contributed by atoms with Crippen LogP contribution in [0.5, 0.6) is 0 Å². The lowest BCUT2D eigenvalue weighted by Crippen LogP contribution is -2.41. The fraction of sp³-hybridized carbons (Fsp3) is 0.500. The highest BCUT2D eigenvalue weighted by Gasteiger charge is 2.51. The van der Waals surface area contributed by atoms with Gasteiger partial charge in [0.2, 0.25) is 0 Å². The third-order valence-electron chi connectivity index (χ3n) is 5.19. The minimum absolute atomic E-state index is 0.197. The monoisotopic (exact) mass is 327 g/mol. The average Bonchev–Trinajstić information content (AvgIpc) is 3.10. The molecule has 1 saturated heterocycles. The van der Waals surface area contributed by atoms with Crippen LogP contribution in [0.1, 0.15) is 46.5 Å². The van der Waals surface area contributed by atoms with Crippen LogP contribution in [0.2, 0.25) is 0 Å². The fourth-order valence-electron chi connectivity index (χ4n) is 2.64. The number of benzene rings is 1. The molecular weight excluding hydrogens is 301 g/mol. The van der Waals surface area contributed by atoms with E-state index in [0.29, 0.717) is 0 Å². The van der Waals surface area contributed by atoms with E-state index in [1.54, 1.807) is 0 Å². The highest BCUT2D eigenvalue weighted by atomic mass is 16.7. The Balaban J connectivity index is 1.78. The molecule has 5 nitrogen and oxygen atoms in total. The molecule has 1 atom stereocenters. The predicted molar refractivity (Wildman–Crippen MR) is 97.2 cm³/mol. The highest BCUT2D eigenvalue weighted by Crippen LogP contribution is 2.36. The first-order valence-corrected chi connectivity index (χ1v) is 8.41. The molecule has 1 aromatic heterocycles. The van der Waals surface area contributed by atoms with Gasteiger partial charge in [0.05, 0.1) is 29.1 Å². The SMILES string of the molecule is CN[C@@H](C)c1ncc(-c2ccc(B3OC(C)(C)C(C)(C)O3)cc2)[nH]1. The van der Waals surface area contributed by atoms with E-state index in [-0.39, 0.29) is 24.4 Å². The number of nitrogens with zero attached hydrogens (tertiary/aromatic N) is 1. The third-order valence-corrected chi connectivity index (χ3v) is 5.19. The van der Waals surface area contributed by atoms with Crippen molar-refractivity contribution in [3.8, 4) is 11.3 Å². The van der Waals surface area contributed by atoms with Gasteiger partial charge >= 0.3 is 7.12 Å². The molecule has 1 aromatic carbocycles. The summed E-state index contributed by atoms with van der Waals surface area (Å²) in [5.74, 6) is 0.933. The van der Waals surface area contributed by atoms with Gasteiger partial charge < -0.3 is 19.6 Å². The molecule has 0 spiro atoms.